The van der Waals surface area contributed by atoms with Gasteiger partial charge in [0.25, 0.3) is 6.43 Å². The number of rotatable bonds is 4. The first kappa shape index (κ1) is 8.33. The van der Waals surface area contributed by atoms with Crippen molar-refractivity contribution in [2.24, 2.45) is 0 Å². The third kappa shape index (κ3) is 3.00. The maximum absolute atomic E-state index is 11.5. The molecule has 0 fully saturated rings. The van der Waals surface area contributed by atoms with Gasteiger partial charge in [-0.2, -0.15) is 0 Å². The van der Waals surface area contributed by atoms with E-state index in [0.717, 1.165) is 6.26 Å². The molecule has 0 saturated heterocycles. The van der Waals surface area contributed by atoms with E-state index in [2.05, 4.69) is 11.3 Å². The highest BCUT2D eigenvalue weighted by Crippen LogP contribution is 2.05. The van der Waals surface area contributed by atoms with Gasteiger partial charge in [0.15, 0.2) is 6.10 Å². The maximum atomic E-state index is 11.5. The van der Waals surface area contributed by atoms with Gasteiger partial charge >= 0.3 is 0 Å². The number of hydrogen-bond donors (Lipinski definition) is 0. The van der Waals surface area contributed by atoms with E-state index in [4.69, 9.17) is 0 Å². The van der Waals surface area contributed by atoms with Crippen LogP contribution in [0.1, 0.15) is 0 Å². The molecule has 0 bridgehead atoms. The molecule has 0 radical (unpaired) electrons. The Balaban J connectivity index is 3.53. The van der Waals surface area contributed by atoms with Gasteiger partial charge in [-0.05, 0) is 0 Å². The third-order valence-electron chi connectivity index (χ3n) is 0.704. The van der Waals surface area contributed by atoms with Crippen LogP contribution in [0.4, 0.5) is 13.2 Å². The van der Waals surface area contributed by atoms with Crippen LogP contribution in [0.2, 0.25) is 0 Å². The standard InChI is InChI=1S/C5H7F3O/c1-2-9-4(3-6)5(7)8/h2,4-5H,1,3H2. The molecule has 1 atom stereocenters. The molecule has 9 heavy (non-hydrogen) atoms. The molecule has 54 valence electrons. The molecule has 1 nitrogen and oxygen atoms in total. The van der Waals surface area contributed by atoms with Gasteiger partial charge in [-0.15, -0.1) is 0 Å². The van der Waals surface area contributed by atoms with Gasteiger partial charge in [0.1, 0.15) is 6.67 Å². The van der Waals surface area contributed by atoms with E-state index in [1.54, 1.807) is 0 Å². The van der Waals surface area contributed by atoms with Crippen LogP contribution in [0.15, 0.2) is 12.8 Å². The van der Waals surface area contributed by atoms with E-state index in [0.29, 0.717) is 0 Å². The molecule has 1 unspecified atom stereocenters. The zero-order valence-electron chi connectivity index (χ0n) is 4.69. The Morgan fingerprint density at radius 2 is 2.11 bits per heavy atom. The summed E-state index contributed by atoms with van der Waals surface area (Å²) in [4.78, 5) is 0. The third-order valence-corrected chi connectivity index (χ3v) is 0.704. The van der Waals surface area contributed by atoms with E-state index in [9.17, 15) is 13.2 Å². The summed E-state index contributed by atoms with van der Waals surface area (Å²) in [5, 5.41) is 0. The Bertz CT molecular complexity index is 84.3. The number of ether oxygens (including phenoxy) is 1. The minimum Gasteiger partial charge on any atom is -0.490 e. The predicted octanol–water partition coefficient (Wildman–Crippen LogP) is 1.75. The summed E-state index contributed by atoms with van der Waals surface area (Å²) in [5.74, 6) is 0. The summed E-state index contributed by atoms with van der Waals surface area (Å²) in [6, 6.07) is 0. The lowest BCUT2D eigenvalue weighted by atomic mass is 10.4. The first-order valence-electron chi connectivity index (χ1n) is 2.32. The van der Waals surface area contributed by atoms with E-state index in [1.165, 1.54) is 0 Å². The fourth-order valence-electron chi connectivity index (χ4n) is 0.287. The molecule has 0 saturated carbocycles. The second-order valence-electron chi connectivity index (χ2n) is 1.33. The van der Waals surface area contributed by atoms with Crippen LogP contribution in [0.25, 0.3) is 0 Å². The monoisotopic (exact) mass is 140 g/mol. The average molecular weight is 140 g/mol. The van der Waals surface area contributed by atoms with Crippen molar-refractivity contribution in [1.82, 2.24) is 0 Å². The summed E-state index contributed by atoms with van der Waals surface area (Å²) < 4.78 is 38.5. The Morgan fingerprint density at radius 1 is 1.56 bits per heavy atom. The SMILES string of the molecule is C=COC(CF)C(F)F. The van der Waals surface area contributed by atoms with Crippen molar-refractivity contribution in [3.8, 4) is 0 Å². The zero-order valence-corrected chi connectivity index (χ0v) is 4.69. The fraction of sp³-hybridized carbons (Fsp3) is 0.600. The Hall–Kier alpha value is -0.670. The Kier molecular flexibility index (Phi) is 3.92. The van der Waals surface area contributed by atoms with Crippen LogP contribution in [-0.2, 0) is 4.74 Å². The quantitative estimate of drug-likeness (QED) is 0.540. The van der Waals surface area contributed by atoms with E-state index in [1.807, 2.05) is 0 Å². The molecule has 0 aliphatic rings. The van der Waals surface area contributed by atoms with Gasteiger partial charge < -0.3 is 4.74 Å². The number of alkyl halides is 3. The number of hydrogen-bond acceptors (Lipinski definition) is 1. The molecule has 0 aromatic heterocycles. The molecular weight excluding hydrogens is 133 g/mol. The fourth-order valence-corrected chi connectivity index (χ4v) is 0.287. The minimum atomic E-state index is -2.78. The second kappa shape index (κ2) is 4.23. The summed E-state index contributed by atoms with van der Waals surface area (Å²) in [7, 11) is 0. The van der Waals surface area contributed by atoms with Crippen molar-refractivity contribution < 1.29 is 17.9 Å². The lowest BCUT2D eigenvalue weighted by Gasteiger charge is -2.09. The Morgan fingerprint density at radius 3 is 2.22 bits per heavy atom. The molecule has 4 heteroatoms. The Labute approximate surface area is 51.1 Å². The van der Waals surface area contributed by atoms with E-state index >= 15 is 0 Å². The zero-order chi connectivity index (χ0) is 7.28. The van der Waals surface area contributed by atoms with Crippen LogP contribution in [0.3, 0.4) is 0 Å². The molecule has 0 aromatic carbocycles. The van der Waals surface area contributed by atoms with Gasteiger partial charge in [0.2, 0.25) is 0 Å². The minimum absolute atomic E-state index is 0.802. The topological polar surface area (TPSA) is 9.23 Å². The van der Waals surface area contributed by atoms with Crippen molar-refractivity contribution in [3.63, 3.8) is 0 Å². The molecule has 0 amide bonds. The van der Waals surface area contributed by atoms with Gasteiger partial charge in [-0.25, -0.2) is 13.2 Å². The first-order chi connectivity index (χ1) is 4.22. The van der Waals surface area contributed by atoms with Crippen molar-refractivity contribution in [2.75, 3.05) is 6.67 Å². The normalized spacial score (nSPS) is 13.3. The van der Waals surface area contributed by atoms with Crippen LogP contribution in [0.5, 0.6) is 0 Å². The molecule has 0 rings (SSSR count). The first-order valence-corrected chi connectivity index (χ1v) is 2.32. The summed E-state index contributed by atoms with van der Waals surface area (Å²) in [6.07, 6.45) is -3.63. The molecule has 0 heterocycles. The van der Waals surface area contributed by atoms with Crippen LogP contribution in [-0.4, -0.2) is 19.2 Å². The van der Waals surface area contributed by atoms with Crippen molar-refractivity contribution >= 4 is 0 Å². The van der Waals surface area contributed by atoms with Gasteiger partial charge in [0, 0.05) is 0 Å². The van der Waals surface area contributed by atoms with Crippen molar-refractivity contribution in [3.05, 3.63) is 12.8 Å². The van der Waals surface area contributed by atoms with Crippen LogP contribution in [0, 0.1) is 0 Å². The average Bonchev–Trinajstić information content (AvgIpc) is 1.82. The molecule has 0 aliphatic heterocycles. The van der Waals surface area contributed by atoms with Crippen LogP contribution < -0.4 is 0 Å². The summed E-state index contributed by atoms with van der Waals surface area (Å²) in [6.45, 7) is 1.82. The molecule has 0 spiro atoms. The lowest BCUT2D eigenvalue weighted by Crippen LogP contribution is -2.21. The summed E-state index contributed by atoms with van der Waals surface area (Å²) in [5.41, 5.74) is 0. The molecule has 0 N–H and O–H groups in total. The molecule has 0 aromatic rings. The summed E-state index contributed by atoms with van der Waals surface area (Å²) >= 11 is 0. The second-order valence-corrected chi connectivity index (χ2v) is 1.33. The smallest absolute Gasteiger partial charge is 0.277 e. The van der Waals surface area contributed by atoms with Crippen molar-refractivity contribution in [1.29, 1.82) is 0 Å². The van der Waals surface area contributed by atoms with Crippen LogP contribution >= 0.6 is 0 Å². The lowest BCUT2D eigenvalue weighted by molar-refractivity contribution is -0.0253. The van der Waals surface area contributed by atoms with Gasteiger partial charge in [0.05, 0.1) is 6.26 Å². The van der Waals surface area contributed by atoms with Crippen molar-refractivity contribution in [2.45, 2.75) is 12.5 Å². The predicted molar refractivity (Wildman–Crippen MR) is 27.0 cm³/mol. The molecular formula is C5H7F3O. The van der Waals surface area contributed by atoms with E-state index < -0.39 is 19.2 Å². The molecule has 0 aliphatic carbocycles. The maximum Gasteiger partial charge on any atom is 0.277 e. The highest BCUT2D eigenvalue weighted by molar-refractivity contribution is 4.62. The van der Waals surface area contributed by atoms with Gasteiger partial charge in [-0.3, -0.25) is 0 Å². The van der Waals surface area contributed by atoms with Gasteiger partial charge in [-0.1, -0.05) is 6.58 Å². The van der Waals surface area contributed by atoms with E-state index in [-0.39, 0.29) is 0 Å². The largest absolute Gasteiger partial charge is 0.490 e. The highest BCUT2D eigenvalue weighted by atomic mass is 19.3. The highest BCUT2D eigenvalue weighted by Gasteiger charge is 2.19. The number of halogens is 3.